The highest BCUT2D eigenvalue weighted by Crippen LogP contribution is 2.54. The molecule has 4 fully saturated rings. The molecule has 4 aliphatic heterocycles. The van der Waals surface area contributed by atoms with E-state index in [0.717, 1.165) is 64.1 Å². The second-order valence-electron chi connectivity index (χ2n) is 21.0. The number of amides is 4. The number of hydrogen-bond donors (Lipinski definition) is 4. The third-order valence-corrected chi connectivity index (χ3v) is 16.6. The number of halogens is 1. The molecule has 11 rings (SSSR count). The van der Waals surface area contributed by atoms with Gasteiger partial charge in [-0.25, -0.2) is 28.9 Å². The molecule has 20 heteroatoms. The van der Waals surface area contributed by atoms with Crippen LogP contribution in [0.25, 0.3) is 44.7 Å². The van der Waals surface area contributed by atoms with Crippen LogP contribution in [-0.4, -0.2) is 114 Å². The fourth-order valence-electron chi connectivity index (χ4n) is 12.0. The van der Waals surface area contributed by atoms with Crippen molar-refractivity contribution in [3.8, 4) is 39.5 Å². The maximum Gasteiger partial charge on any atom is 0.407 e. The number of imidazole rings is 2. The molecule has 4 amide bonds. The van der Waals surface area contributed by atoms with Gasteiger partial charge in [0.2, 0.25) is 18.0 Å². The Morgan fingerprint density at radius 1 is 0.865 bits per heavy atom. The van der Waals surface area contributed by atoms with Crippen LogP contribution in [0.5, 0.6) is 5.75 Å². The molecule has 5 aliphatic rings. The smallest absolute Gasteiger partial charge is 0.407 e. The molecule has 18 nitrogen and oxygen atoms in total. The van der Waals surface area contributed by atoms with E-state index in [2.05, 4.69) is 33.6 Å². The SMILES string of the molecule is CCCc1ncc(C2Oc3cc(-c4cnc([C@@H]5CCCN5C(=O)[C@@H](NC(=O)OC)C(C)C)[nH]4)cc(F)c3-c3cc4cc(-c5cnc([C@@H]6C[C@H]7C[C@H]7N6C(=O)C(NC(=O)OC)C6C[C@@H](C)O[C@@H](C)C6)[nH]5)ccc4n32)s1. The minimum absolute atomic E-state index is 0.0501. The molecule has 4 aromatic heterocycles. The molecule has 2 aromatic carbocycles. The summed E-state index contributed by atoms with van der Waals surface area (Å²) < 4.78 is 41.7. The molecule has 3 unspecified atom stereocenters. The fourth-order valence-corrected chi connectivity index (χ4v) is 13.1. The largest absolute Gasteiger partial charge is 0.464 e. The summed E-state index contributed by atoms with van der Waals surface area (Å²) in [5, 5.41) is 7.44. The number of alkyl carbamates (subject to hydrolysis) is 2. The summed E-state index contributed by atoms with van der Waals surface area (Å²) in [6.07, 6.45) is 9.39. The molecular weight excluding hydrogens is 968 g/mol. The molecule has 4 N–H and O–H groups in total. The Morgan fingerprint density at radius 3 is 2.30 bits per heavy atom. The number of likely N-dealkylation sites (tertiary alicyclic amines) is 2. The molecule has 1 aliphatic carbocycles. The average Bonchev–Trinajstić information content (AvgIpc) is 4.15. The number of aryl methyl sites for hydroxylation is 1. The van der Waals surface area contributed by atoms with Crippen molar-refractivity contribution in [1.29, 1.82) is 0 Å². The minimum atomic E-state index is -0.777. The van der Waals surface area contributed by atoms with Gasteiger partial charge >= 0.3 is 12.2 Å². The van der Waals surface area contributed by atoms with Crippen LogP contribution in [0, 0.1) is 23.6 Å². The van der Waals surface area contributed by atoms with Crippen molar-refractivity contribution in [2.75, 3.05) is 20.8 Å². The number of fused-ring (bicyclic) bond motifs is 6. The molecule has 390 valence electrons. The van der Waals surface area contributed by atoms with Crippen LogP contribution in [0.4, 0.5) is 14.0 Å². The molecule has 0 radical (unpaired) electrons. The summed E-state index contributed by atoms with van der Waals surface area (Å²) in [6, 6.07) is 9.29. The molecule has 74 heavy (non-hydrogen) atoms. The summed E-state index contributed by atoms with van der Waals surface area (Å²) in [6.45, 7) is 10.4. The Morgan fingerprint density at radius 2 is 1.58 bits per heavy atom. The zero-order valence-electron chi connectivity index (χ0n) is 42.6. The highest BCUT2D eigenvalue weighted by atomic mass is 32.1. The molecule has 0 spiro atoms. The second-order valence-corrected chi connectivity index (χ2v) is 22.1. The van der Waals surface area contributed by atoms with Crippen molar-refractivity contribution in [3.63, 3.8) is 0 Å². The number of carbonyl (C=O) groups excluding carboxylic acids is 4. The lowest BCUT2D eigenvalue weighted by Crippen LogP contribution is -2.55. The van der Waals surface area contributed by atoms with Gasteiger partial charge in [-0.2, -0.15) is 0 Å². The zero-order chi connectivity index (χ0) is 51.7. The van der Waals surface area contributed by atoms with Crippen molar-refractivity contribution >= 4 is 46.2 Å². The standard InChI is InChI=1S/C54H63FN10O8S/c1-8-10-44-56-25-43(74-44)52-65-37-13-12-29(35-23-58-49(59-35)41-21-32-19-39(32)64(41)51(67)47(62-54(69)71-7)33-15-27(4)72-28(5)16-33)17-31(37)20-40(65)45-34(55)18-30(22-42(45)73-52)36-24-57-48(60-36)38-11-9-14-63(38)50(66)46(26(2)3)61-53(68)70-6/h12-13,17-18,20,22-28,32-33,38-39,41,46-47,52H,8-11,14-16,19,21H2,1-7H3,(H,57,60)(H,58,59)(H,61,68)(H,62,69)/t27-,28+,32-,33?,38+,39-,41+,46+,47?,52?/m1/s1. The van der Waals surface area contributed by atoms with Crippen LogP contribution in [-0.2, 0) is 30.2 Å². The number of nitrogens with zero attached hydrogens (tertiary/aromatic N) is 6. The molecule has 8 heterocycles. The Hall–Kier alpha value is -6.80. The van der Waals surface area contributed by atoms with Crippen LogP contribution in [0.15, 0.2) is 55.0 Å². The summed E-state index contributed by atoms with van der Waals surface area (Å²) >= 11 is 1.58. The van der Waals surface area contributed by atoms with Gasteiger partial charge in [-0.15, -0.1) is 11.3 Å². The molecule has 0 bridgehead atoms. The van der Waals surface area contributed by atoms with E-state index in [4.69, 9.17) is 33.9 Å². The van der Waals surface area contributed by atoms with Gasteiger partial charge in [0.25, 0.3) is 0 Å². The van der Waals surface area contributed by atoms with E-state index >= 15 is 4.39 Å². The lowest BCUT2D eigenvalue weighted by molar-refractivity contribution is -0.140. The van der Waals surface area contributed by atoms with Crippen LogP contribution in [0.2, 0.25) is 0 Å². The van der Waals surface area contributed by atoms with Crippen molar-refractivity contribution in [2.24, 2.45) is 17.8 Å². The highest BCUT2D eigenvalue weighted by molar-refractivity contribution is 7.11. The number of methoxy groups -OCH3 is 2. The number of aromatic nitrogens is 6. The third-order valence-electron chi connectivity index (χ3n) is 15.6. The first kappa shape index (κ1) is 49.4. The van der Waals surface area contributed by atoms with E-state index < -0.39 is 36.3 Å². The van der Waals surface area contributed by atoms with E-state index in [0.29, 0.717) is 71.6 Å². The Labute approximate surface area is 432 Å². The molecule has 1 saturated carbocycles. The quantitative estimate of drug-likeness (QED) is 0.0857. The van der Waals surface area contributed by atoms with E-state index in [1.807, 2.05) is 67.6 Å². The summed E-state index contributed by atoms with van der Waals surface area (Å²) in [5.74, 6) is 0.858. The second kappa shape index (κ2) is 19.8. The van der Waals surface area contributed by atoms with Gasteiger partial charge in [0.15, 0.2) is 0 Å². The lowest BCUT2D eigenvalue weighted by atomic mass is 9.85. The summed E-state index contributed by atoms with van der Waals surface area (Å²) in [4.78, 5) is 79.2. The van der Waals surface area contributed by atoms with Gasteiger partial charge in [0.05, 0.1) is 89.0 Å². The van der Waals surface area contributed by atoms with Crippen molar-refractivity contribution in [1.82, 2.24) is 49.9 Å². The van der Waals surface area contributed by atoms with Crippen LogP contribution in [0.3, 0.4) is 0 Å². The number of aromatic amines is 2. The minimum Gasteiger partial charge on any atom is -0.464 e. The number of carbonyl (C=O) groups is 4. The molecule has 6 aromatic rings. The van der Waals surface area contributed by atoms with E-state index in [-0.39, 0.29) is 54.0 Å². The third kappa shape index (κ3) is 9.06. The predicted molar refractivity (Wildman–Crippen MR) is 273 cm³/mol. The van der Waals surface area contributed by atoms with Gasteiger partial charge in [0, 0.05) is 35.3 Å². The number of thiazole rings is 1. The van der Waals surface area contributed by atoms with E-state index in [1.54, 1.807) is 28.6 Å². The first-order chi connectivity index (χ1) is 35.7. The topological polar surface area (TPSA) is 211 Å². The lowest BCUT2D eigenvalue weighted by Gasteiger charge is -2.38. The monoisotopic (exact) mass is 1030 g/mol. The van der Waals surface area contributed by atoms with Crippen LogP contribution >= 0.6 is 11.3 Å². The molecule has 10 atom stereocenters. The van der Waals surface area contributed by atoms with E-state index in [9.17, 15) is 19.2 Å². The van der Waals surface area contributed by atoms with Crippen LogP contribution < -0.4 is 15.4 Å². The van der Waals surface area contributed by atoms with Crippen LogP contribution in [0.1, 0.15) is 119 Å². The molecular formula is C54H63FN10O8S. The van der Waals surface area contributed by atoms with Crippen molar-refractivity contribution in [2.45, 2.75) is 135 Å². The average molecular weight is 1030 g/mol. The highest BCUT2D eigenvalue weighted by Gasteiger charge is 2.57. The maximum atomic E-state index is 17.0. The predicted octanol–water partition coefficient (Wildman–Crippen LogP) is 9.21. The number of rotatable bonds is 13. The Balaban J connectivity index is 0.898. The zero-order valence-corrected chi connectivity index (χ0v) is 43.5. The summed E-state index contributed by atoms with van der Waals surface area (Å²) in [7, 11) is 2.58. The number of benzene rings is 2. The van der Waals surface area contributed by atoms with E-state index in [1.165, 1.54) is 20.3 Å². The number of piperidine rings is 1. The molecule has 3 saturated heterocycles. The maximum absolute atomic E-state index is 17.0. The number of hydrogen-bond acceptors (Lipinski definition) is 12. The number of H-pyrrole nitrogens is 2. The van der Waals surface area contributed by atoms with Gasteiger partial charge in [0.1, 0.15) is 35.3 Å². The normalized spacial score (nSPS) is 24.7. The number of ether oxygens (including phenoxy) is 4. The van der Waals surface area contributed by atoms with Gasteiger partial charge in [-0.05, 0) is 113 Å². The Kier molecular flexibility index (Phi) is 13.2. The van der Waals surface area contributed by atoms with Gasteiger partial charge in [-0.1, -0.05) is 26.8 Å². The Bertz CT molecular complexity index is 3120. The van der Waals surface area contributed by atoms with Crippen molar-refractivity contribution in [3.05, 3.63) is 82.3 Å². The van der Waals surface area contributed by atoms with Gasteiger partial charge in [-0.3, -0.25) is 14.2 Å². The van der Waals surface area contributed by atoms with Crippen molar-refractivity contribution < 1.29 is 42.5 Å². The first-order valence-electron chi connectivity index (χ1n) is 25.9. The van der Waals surface area contributed by atoms with Gasteiger partial charge < -0.3 is 49.3 Å². The number of nitrogens with one attached hydrogen (secondary N) is 4. The first-order valence-corrected chi connectivity index (χ1v) is 26.7. The summed E-state index contributed by atoms with van der Waals surface area (Å²) in [5.41, 5.74) is 4.55. The fraction of sp³-hybridized carbons (Fsp3) is 0.500.